The fraction of sp³-hybridized carbons (Fsp3) is 0.345. The Hall–Kier alpha value is -3.16. The van der Waals surface area contributed by atoms with E-state index >= 15 is 0 Å². The Kier molecular flexibility index (Phi) is 6.39. The van der Waals surface area contributed by atoms with Crippen LogP contribution in [-0.2, 0) is 14.8 Å². The van der Waals surface area contributed by atoms with E-state index in [1.54, 1.807) is 18.2 Å². The van der Waals surface area contributed by atoms with Gasteiger partial charge < -0.3 is 10.1 Å². The topological polar surface area (TPSA) is 84.5 Å². The minimum absolute atomic E-state index is 0.0268. The number of hydrogen-bond acceptors (Lipinski definition) is 5. The molecule has 0 bridgehead atoms. The van der Waals surface area contributed by atoms with Crippen molar-refractivity contribution < 1.29 is 17.9 Å². The number of carbonyl (C=O) groups excluding carboxylic acids is 1. The molecule has 1 fully saturated rings. The monoisotopic (exact) mass is 504 g/mol. The number of nitrogens with one attached hydrogen (secondary N) is 2. The number of fused-ring (bicyclic) bond motifs is 3. The average Bonchev–Trinajstić information content (AvgIpc) is 3.35. The van der Waals surface area contributed by atoms with E-state index < -0.39 is 10.0 Å². The number of hydrogen-bond donors (Lipinski definition) is 2. The lowest BCUT2D eigenvalue weighted by molar-refractivity contribution is 0.0827. The van der Waals surface area contributed by atoms with Crippen molar-refractivity contribution in [2.75, 3.05) is 16.6 Å². The van der Waals surface area contributed by atoms with E-state index in [1.165, 1.54) is 0 Å². The van der Waals surface area contributed by atoms with Crippen LogP contribution in [0.2, 0.25) is 0 Å². The summed E-state index contributed by atoms with van der Waals surface area (Å²) >= 11 is 0. The van der Waals surface area contributed by atoms with Gasteiger partial charge in [-0.3, -0.25) is 9.52 Å². The maximum absolute atomic E-state index is 13.2. The highest BCUT2D eigenvalue weighted by molar-refractivity contribution is 7.92. The summed E-state index contributed by atoms with van der Waals surface area (Å²) < 4.78 is 35.3. The van der Waals surface area contributed by atoms with E-state index in [0.717, 1.165) is 34.4 Å². The zero-order valence-electron chi connectivity index (χ0n) is 21.0. The lowest BCUT2D eigenvalue weighted by Gasteiger charge is -2.37. The van der Waals surface area contributed by atoms with Crippen molar-refractivity contribution in [2.45, 2.75) is 51.2 Å². The Bertz CT molecular complexity index is 1430. The fourth-order valence-corrected chi connectivity index (χ4v) is 6.27. The molecule has 2 N–H and O–H groups in total. The number of Topliss-reactive ketones (excluding diaryl/α,β-unsaturated/α-hetero) is 1. The Labute approximate surface area is 213 Å². The first-order chi connectivity index (χ1) is 17.1. The van der Waals surface area contributed by atoms with Crippen molar-refractivity contribution in [2.24, 2.45) is 11.8 Å². The molecule has 0 spiro atoms. The van der Waals surface area contributed by atoms with Crippen molar-refractivity contribution in [1.29, 1.82) is 0 Å². The summed E-state index contributed by atoms with van der Waals surface area (Å²) in [6, 6.07) is 18.5. The van der Waals surface area contributed by atoms with Gasteiger partial charge in [-0.1, -0.05) is 38.1 Å². The first kappa shape index (κ1) is 24.5. The highest BCUT2D eigenvalue weighted by atomic mass is 32.2. The third kappa shape index (κ3) is 4.53. The number of benzene rings is 3. The van der Waals surface area contributed by atoms with E-state index in [1.807, 2.05) is 70.2 Å². The normalized spacial score (nSPS) is 21.0. The molecule has 2 aliphatic heterocycles. The van der Waals surface area contributed by atoms with Gasteiger partial charge in [0.1, 0.15) is 0 Å². The van der Waals surface area contributed by atoms with Gasteiger partial charge in [0.15, 0.2) is 5.78 Å². The number of aryl methyl sites for hydroxylation is 2. The molecular formula is C29H32N2O4S. The highest BCUT2D eigenvalue weighted by Gasteiger charge is 2.42. The standard InChI is InChI=1S/C29H32N2O4S/c1-17(2)28(32)21-7-5-6-20(15-21)27-24-12-13-35-29(24)25-16-23(10-11-26(25)30-27)36(33,34)31-22-9-8-18(3)19(4)14-22/h5-11,14-17,24,27,29-31H,12-13H2,1-4H3. The van der Waals surface area contributed by atoms with Gasteiger partial charge in [0.2, 0.25) is 0 Å². The molecule has 3 aromatic carbocycles. The smallest absolute Gasteiger partial charge is 0.261 e. The molecule has 2 aliphatic rings. The maximum atomic E-state index is 13.2. The van der Waals surface area contributed by atoms with Crippen LogP contribution in [0, 0.1) is 25.7 Å². The van der Waals surface area contributed by atoms with Crippen molar-refractivity contribution in [3.63, 3.8) is 0 Å². The predicted molar refractivity (Wildman–Crippen MR) is 142 cm³/mol. The first-order valence-electron chi connectivity index (χ1n) is 12.4. The molecule has 2 heterocycles. The third-order valence-corrected chi connectivity index (χ3v) is 8.71. The molecule has 3 atom stereocenters. The number of anilines is 2. The number of ether oxygens (including phenoxy) is 1. The van der Waals surface area contributed by atoms with Crippen LogP contribution in [0.4, 0.5) is 11.4 Å². The fourth-order valence-electron chi connectivity index (χ4n) is 5.19. The third-order valence-electron chi connectivity index (χ3n) is 7.33. The SMILES string of the molecule is Cc1ccc(NS(=O)(=O)c2ccc3c(c2)C2OCCC2C(c2cccc(C(=O)C(C)C)c2)N3)cc1C. The zero-order valence-corrected chi connectivity index (χ0v) is 21.9. The minimum Gasteiger partial charge on any atom is -0.378 e. The quantitative estimate of drug-likeness (QED) is 0.391. The molecule has 6 nitrogen and oxygen atoms in total. The average molecular weight is 505 g/mol. The molecule has 3 unspecified atom stereocenters. The van der Waals surface area contributed by atoms with Gasteiger partial charge in [-0.05, 0) is 73.4 Å². The zero-order chi connectivity index (χ0) is 25.6. The lowest BCUT2D eigenvalue weighted by atomic mass is 9.80. The molecule has 36 heavy (non-hydrogen) atoms. The van der Waals surface area contributed by atoms with Crippen LogP contribution in [0.25, 0.3) is 0 Å². The molecular weight excluding hydrogens is 472 g/mol. The van der Waals surface area contributed by atoms with Crippen LogP contribution < -0.4 is 10.0 Å². The van der Waals surface area contributed by atoms with Gasteiger partial charge in [0.05, 0.1) is 17.0 Å². The van der Waals surface area contributed by atoms with Crippen molar-refractivity contribution >= 4 is 27.2 Å². The molecule has 0 radical (unpaired) electrons. The summed E-state index contributed by atoms with van der Waals surface area (Å²) in [5, 5.41) is 3.62. The molecule has 7 heteroatoms. The van der Waals surface area contributed by atoms with Crippen molar-refractivity contribution in [3.05, 3.63) is 88.5 Å². The maximum Gasteiger partial charge on any atom is 0.261 e. The molecule has 0 aromatic heterocycles. The molecule has 0 saturated carbocycles. The van der Waals surface area contributed by atoms with E-state index in [2.05, 4.69) is 10.0 Å². The molecule has 3 aromatic rings. The van der Waals surface area contributed by atoms with Gasteiger partial charge in [-0.2, -0.15) is 0 Å². The number of ketones is 1. The van der Waals surface area contributed by atoms with Crippen LogP contribution in [-0.4, -0.2) is 20.8 Å². The van der Waals surface area contributed by atoms with Crippen LogP contribution >= 0.6 is 0 Å². The number of rotatable bonds is 6. The van der Waals surface area contributed by atoms with Gasteiger partial charge in [0, 0.05) is 40.9 Å². The van der Waals surface area contributed by atoms with Gasteiger partial charge in [-0.15, -0.1) is 0 Å². The Balaban J connectivity index is 1.46. The van der Waals surface area contributed by atoms with Gasteiger partial charge >= 0.3 is 0 Å². The van der Waals surface area contributed by atoms with E-state index in [9.17, 15) is 13.2 Å². The Morgan fingerprint density at radius 2 is 1.83 bits per heavy atom. The molecule has 0 amide bonds. The molecule has 5 rings (SSSR count). The van der Waals surface area contributed by atoms with Gasteiger partial charge in [0.25, 0.3) is 10.0 Å². The second-order valence-corrected chi connectivity index (χ2v) is 11.8. The summed E-state index contributed by atoms with van der Waals surface area (Å²) in [6.07, 6.45) is 0.634. The van der Waals surface area contributed by atoms with Crippen molar-refractivity contribution in [3.8, 4) is 0 Å². The minimum atomic E-state index is -3.76. The van der Waals surface area contributed by atoms with E-state index in [0.29, 0.717) is 17.9 Å². The molecule has 0 aliphatic carbocycles. The summed E-state index contributed by atoms with van der Waals surface area (Å²) in [5.41, 5.74) is 6.14. The first-order valence-corrected chi connectivity index (χ1v) is 13.9. The second-order valence-electron chi connectivity index (χ2n) is 10.2. The van der Waals surface area contributed by atoms with Crippen LogP contribution in [0.3, 0.4) is 0 Å². The van der Waals surface area contributed by atoms with Crippen molar-refractivity contribution in [1.82, 2.24) is 0 Å². The molecule has 188 valence electrons. The number of carbonyl (C=O) groups is 1. The summed E-state index contributed by atoms with van der Waals surface area (Å²) in [5.74, 6) is 0.187. The largest absolute Gasteiger partial charge is 0.378 e. The van der Waals surface area contributed by atoms with E-state index in [4.69, 9.17) is 4.74 Å². The predicted octanol–water partition coefficient (Wildman–Crippen LogP) is 6.19. The number of sulfonamides is 1. The lowest BCUT2D eigenvalue weighted by Crippen LogP contribution is -2.29. The van der Waals surface area contributed by atoms with Crippen LogP contribution in [0.5, 0.6) is 0 Å². The highest BCUT2D eigenvalue weighted by Crippen LogP contribution is 2.50. The van der Waals surface area contributed by atoms with Crippen LogP contribution in [0.1, 0.15) is 65.0 Å². The Morgan fingerprint density at radius 3 is 2.58 bits per heavy atom. The molecule has 1 saturated heterocycles. The summed E-state index contributed by atoms with van der Waals surface area (Å²) in [6.45, 7) is 8.38. The Morgan fingerprint density at radius 1 is 1.03 bits per heavy atom. The van der Waals surface area contributed by atoms with Gasteiger partial charge in [-0.25, -0.2) is 8.42 Å². The summed E-state index contributed by atoms with van der Waals surface area (Å²) in [7, 11) is -3.76. The second kappa shape index (κ2) is 9.37. The van der Waals surface area contributed by atoms with E-state index in [-0.39, 0.29) is 34.7 Å². The van der Waals surface area contributed by atoms with Crippen LogP contribution in [0.15, 0.2) is 65.6 Å². The summed E-state index contributed by atoms with van der Waals surface area (Å²) in [4.78, 5) is 12.8.